The van der Waals surface area contributed by atoms with Gasteiger partial charge in [-0.05, 0) is 62.8 Å². The molecule has 0 atom stereocenters. The number of para-hydroxylation sites is 1. The number of carbonyl (C=O) groups is 1. The predicted octanol–water partition coefficient (Wildman–Crippen LogP) is 4.19. The maximum absolute atomic E-state index is 13.5. The van der Waals surface area contributed by atoms with Crippen LogP contribution in [-0.4, -0.2) is 26.6 Å². The molecular weight excluding hydrogens is 398 g/mol. The van der Waals surface area contributed by atoms with E-state index in [1.165, 1.54) is 10.7 Å². The molecule has 0 unspecified atom stereocenters. The van der Waals surface area contributed by atoms with Crippen LogP contribution in [0.2, 0.25) is 0 Å². The fourth-order valence-corrected chi connectivity index (χ4v) is 5.03. The second-order valence-electron chi connectivity index (χ2n) is 7.58. The standard InChI is InChI=1S/C23H29N3O3S/c1-3-19-9-7-8-12-22(19)26(30(28,29)21-15-13-18(2)14-16-21)17-23(27)25-24-20-10-5-4-6-11-20/h7-9,12-16H,3-6,10-11,17H2,1-2H3,(H,25,27). The summed E-state index contributed by atoms with van der Waals surface area (Å²) >= 11 is 0. The number of rotatable bonds is 7. The summed E-state index contributed by atoms with van der Waals surface area (Å²) in [6, 6.07) is 13.9. The molecule has 30 heavy (non-hydrogen) atoms. The largest absolute Gasteiger partial charge is 0.271 e. The molecule has 1 aliphatic carbocycles. The number of nitrogens with zero attached hydrogens (tertiary/aromatic N) is 2. The minimum absolute atomic E-state index is 0.158. The summed E-state index contributed by atoms with van der Waals surface area (Å²) in [4.78, 5) is 12.8. The van der Waals surface area contributed by atoms with Gasteiger partial charge >= 0.3 is 0 Å². The van der Waals surface area contributed by atoms with Gasteiger partial charge < -0.3 is 0 Å². The predicted molar refractivity (Wildman–Crippen MR) is 120 cm³/mol. The summed E-state index contributed by atoms with van der Waals surface area (Å²) in [6.45, 7) is 3.53. The fourth-order valence-electron chi connectivity index (χ4n) is 3.57. The van der Waals surface area contributed by atoms with Gasteiger partial charge in [0.1, 0.15) is 6.54 Å². The van der Waals surface area contributed by atoms with Crippen LogP contribution in [-0.2, 0) is 21.2 Å². The molecule has 1 saturated carbocycles. The lowest BCUT2D eigenvalue weighted by Crippen LogP contribution is -2.40. The van der Waals surface area contributed by atoms with E-state index < -0.39 is 15.9 Å². The Balaban J connectivity index is 1.91. The van der Waals surface area contributed by atoms with Gasteiger partial charge in [0.25, 0.3) is 15.9 Å². The molecule has 0 spiro atoms. The lowest BCUT2D eigenvalue weighted by atomic mass is 9.99. The van der Waals surface area contributed by atoms with E-state index in [0.717, 1.165) is 42.5 Å². The molecule has 0 heterocycles. The Morgan fingerprint density at radius 3 is 2.37 bits per heavy atom. The van der Waals surface area contributed by atoms with E-state index in [2.05, 4.69) is 10.5 Å². The third-order valence-corrected chi connectivity index (χ3v) is 7.08. The van der Waals surface area contributed by atoms with Crippen molar-refractivity contribution in [1.29, 1.82) is 0 Å². The average molecular weight is 428 g/mol. The van der Waals surface area contributed by atoms with Gasteiger partial charge in [0, 0.05) is 5.71 Å². The highest BCUT2D eigenvalue weighted by molar-refractivity contribution is 7.92. The first-order chi connectivity index (χ1) is 14.4. The molecule has 1 N–H and O–H groups in total. The lowest BCUT2D eigenvalue weighted by molar-refractivity contribution is -0.119. The zero-order valence-corrected chi connectivity index (χ0v) is 18.4. The molecule has 0 radical (unpaired) electrons. The Bertz CT molecular complexity index is 1010. The number of anilines is 1. The van der Waals surface area contributed by atoms with Gasteiger partial charge in [-0.3, -0.25) is 9.10 Å². The van der Waals surface area contributed by atoms with Crippen molar-refractivity contribution < 1.29 is 13.2 Å². The number of benzene rings is 2. The van der Waals surface area contributed by atoms with Gasteiger partial charge in [-0.25, -0.2) is 13.8 Å². The monoisotopic (exact) mass is 427 g/mol. The van der Waals surface area contributed by atoms with E-state index in [9.17, 15) is 13.2 Å². The van der Waals surface area contributed by atoms with Crippen LogP contribution in [0.4, 0.5) is 5.69 Å². The Morgan fingerprint density at radius 1 is 1.03 bits per heavy atom. The van der Waals surface area contributed by atoms with E-state index in [1.54, 1.807) is 36.4 Å². The Hall–Kier alpha value is -2.67. The molecule has 0 aliphatic heterocycles. The van der Waals surface area contributed by atoms with Crippen molar-refractivity contribution in [3.05, 3.63) is 59.7 Å². The molecule has 0 bridgehead atoms. The van der Waals surface area contributed by atoms with Crippen LogP contribution in [0.1, 0.15) is 50.2 Å². The molecule has 0 aromatic heterocycles. The van der Waals surface area contributed by atoms with Crippen molar-refractivity contribution >= 4 is 27.3 Å². The Morgan fingerprint density at radius 2 is 1.70 bits per heavy atom. The van der Waals surface area contributed by atoms with Gasteiger partial charge in [-0.15, -0.1) is 0 Å². The third kappa shape index (κ3) is 5.27. The van der Waals surface area contributed by atoms with E-state index in [1.807, 2.05) is 26.0 Å². The molecule has 2 aromatic rings. The van der Waals surface area contributed by atoms with E-state index in [-0.39, 0.29) is 11.4 Å². The summed E-state index contributed by atoms with van der Waals surface area (Å²) in [7, 11) is -3.92. The van der Waals surface area contributed by atoms with Crippen molar-refractivity contribution in [2.45, 2.75) is 57.3 Å². The van der Waals surface area contributed by atoms with Crippen molar-refractivity contribution in [3.63, 3.8) is 0 Å². The normalized spacial score (nSPS) is 14.3. The van der Waals surface area contributed by atoms with Gasteiger partial charge in [0.05, 0.1) is 10.6 Å². The summed E-state index contributed by atoms with van der Waals surface area (Å²) in [5.41, 5.74) is 5.88. The molecule has 1 amide bonds. The Kier molecular flexibility index (Phi) is 7.26. The average Bonchev–Trinajstić information content (AvgIpc) is 2.77. The van der Waals surface area contributed by atoms with Crippen molar-refractivity contribution in [1.82, 2.24) is 5.43 Å². The van der Waals surface area contributed by atoms with Crippen molar-refractivity contribution in [3.8, 4) is 0 Å². The summed E-state index contributed by atoms with van der Waals surface area (Å²) in [5, 5.41) is 4.23. The van der Waals surface area contributed by atoms with Gasteiger partial charge in [0.15, 0.2) is 0 Å². The Labute approximate surface area is 179 Å². The molecule has 1 aliphatic rings. The van der Waals surface area contributed by atoms with Crippen LogP contribution < -0.4 is 9.73 Å². The molecule has 1 fully saturated rings. The van der Waals surface area contributed by atoms with Crippen LogP contribution in [0.5, 0.6) is 0 Å². The second kappa shape index (κ2) is 9.89. The highest BCUT2D eigenvalue weighted by Crippen LogP contribution is 2.27. The minimum atomic E-state index is -3.92. The summed E-state index contributed by atoms with van der Waals surface area (Å²) in [6.07, 6.45) is 5.75. The first kappa shape index (κ1) is 22.0. The molecule has 160 valence electrons. The number of nitrogens with one attached hydrogen (secondary N) is 1. The van der Waals surface area contributed by atoms with Gasteiger partial charge in [-0.1, -0.05) is 49.2 Å². The van der Waals surface area contributed by atoms with Crippen molar-refractivity contribution in [2.24, 2.45) is 5.10 Å². The topological polar surface area (TPSA) is 78.8 Å². The number of aryl methyl sites for hydroxylation is 2. The first-order valence-electron chi connectivity index (χ1n) is 10.4. The van der Waals surface area contributed by atoms with Crippen molar-refractivity contribution in [2.75, 3.05) is 10.8 Å². The smallest absolute Gasteiger partial charge is 0.264 e. The first-order valence-corrected chi connectivity index (χ1v) is 11.9. The highest BCUT2D eigenvalue weighted by Gasteiger charge is 2.28. The second-order valence-corrected chi connectivity index (χ2v) is 9.44. The fraction of sp³-hybridized carbons (Fsp3) is 0.391. The number of hydrogen-bond donors (Lipinski definition) is 1. The molecule has 2 aromatic carbocycles. The molecule has 0 saturated heterocycles. The van der Waals surface area contributed by atoms with Crippen LogP contribution >= 0.6 is 0 Å². The zero-order valence-electron chi connectivity index (χ0n) is 17.6. The number of sulfonamides is 1. The maximum atomic E-state index is 13.5. The zero-order chi connectivity index (χ0) is 21.6. The number of carbonyl (C=O) groups excluding carboxylic acids is 1. The minimum Gasteiger partial charge on any atom is -0.271 e. The van der Waals surface area contributed by atoms with E-state index in [0.29, 0.717) is 12.1 Å². The lowest BCUT2D eigenvalue weighted by Gasteiger charge is -2.26. The maximum Gasteiger partial charge on any atom is 0.264 e. The number of amides is 1. The third-order valence-electron chi connectivity index (χ3n) is 5.31. The summed E-state index contributed by atoms with van der Waals surface area (Å²) < 4.78 is 28.1. The van der Waals surface area contributed by atoms with Crippen LogP contribution in [0.3, 0.4) is 0 Å². The van der Waals surface area contributed by atoms with Gasteiger partial charge in [0.2, 0.25) is 0 Å². The van der Waals surface area contributed by atoms with E-state index >= 15 is 0 Å². The quantitative estimate of drug-likeness (QED) is 0.673. The molecule has 6 nitrogen and oxygen atoms in total. The molecule has 7 heteroatoms. The SMILES string of the molecule is CCc1ccccc1N(CC(=O)NN=C1CCCCC1)S(=O)(=O)c1ccc(C)cc1. The van der Waals surface area contributed by atoms with Crippen LogP contribution in [0.15, 0.2) is 58.5 Å². The van der Waals surface area contributed by atoms with E-state index in [4.69, 9.17) is 0 Å². The molecular formula is C23H29N3O3S. The summed E-state index contributed by atoms with van der Waals surface area (Å²) in [5.74, 6) is -0.449. The highest BCUT2D eigenvalue weighted by atomic mass is 32.2. The van der Waals surface area contributed by atoms with Gasteiger partial charge in [-0.2, -0.15) is 5.10 Å². The van der Waals surface area contributed by atoms with Crippen LogP contribution in [0.25, 0.3) is 0 Å². The molecule has 3 rings (SSSR count). The number of hydrazone groups is 1. The number of hydrogen-bond acceptors (Lipinski definition) is 4. The van der Waals surface area contributed by atoms with Crippen LogP contribution in [0, 0.1) is 6.92 Å².